The summed E-state index contributed by atoms with van der Waals surface area (Å²) in [4.78, 5) is 29.8. The lowest BCUT2D eigenvalue weighted by Gasteiger charge is -2.21. The van der Waals surface area contributed by atoms with E-state index in [9.17, 15) is 14.7 Å². The zero-order chi connectivity index (χ0) is 24.7. The van der Waals surface area contributed by atoms with Gasteiger partial charge >= 0.3 is 5.97 Å². The summed E-state index contributed by atoms with van der Waals surface area (Å²) in [6.07, 6.45) is -0.701. The van der Waals surface area contributed by atoms with Crippen LogP contribution >= 0.6 is 0 Å². The first-order valence-corrected chi connectivity index (χ1v) is 11.9. The average molecular weight is 467 g/mol. The molecule has 3 aliphatic rings. The molecule has 5 heterocycles. The van der Waals surface area contributed by atoms with E-state index in [0.29, 0.717) is 34.8 Å². The highest BCUT2D eigenvalue weighted by Gasteiger charge is 2.35. The smallest absolute Gasteiger partial charge is 0.340 e. The molecule has 0 spiro atoms. The van der Waals surface area contributed by atoms with Crippen LogP contribution in [0.3, 0.4) is 0 Å². The molecule has 8 nitrogen and oxygen atoms in total. The third kappa shape index (κ3) is 3.27. The Kier molecular flexibility index (Phi) is 6.36. The van der Waals surface area contributed by atoms with E-state index in [1.807, 2.05) is 40.7 Å². The third-order valence-electron chi connectivity index (χ3n) is 6.29. The van der Waals surface area contributed by atoms with Crippen LogP contribution in [0.15, 0.2) is 16.9 Å². The fourth-order valence-electron chi connectivity index (χ4n) is 4.87. The molecule has 3 aromatic rings. The van der Waals surface area contributed by atoms with Gasteiger partial charge < -0.3 is 23.9 Å². The van der Waals surface area contributed by atoms with Crippen LogP contribution in [-0.2, 0) is 29.1 Å². The number of hydrogen-bond acceptors (Lipinski definition) is 7. The second-order valence-electron chi connectivity index (χ2n) is 7.77. The highest BCUT2D eigenvalue weighted by atomic mass is 16.7. The van der Waals surface area contributed by atoms with Crippen LogP contribution in [0.2, 0.25) is 0 Å². The number of benzene rings is 1. The Balaban J connectivity index is 0.000000652. The molecule has 6 rings (SSSR count). The molecule has 34 heavy (non-hydrogen) atoms. The molecule has 0 unspecified atom stereocenters. The number of aliphatic hydroxyl groups excluding tert-OH is 1. The van der Waals surface area contributed by atoms with Gasteiger partial charge in [-0.2, -0.15) is 0 Å². The topological polar surface area (TPSA) is 99.9 Å². The molecule has 1 atom stereocenters. The van der Waals surface area contributed by atoms with Crippen molar-refractivity contribution in [1.82, 2.24) is 9.55 Å². The first-order chi connectivity index (χ1) is 16.5. The summed E-state index contributed by atoms with van der Waals surface area (Å²) in [6, 6.07) is 3.57. The minimum Gasteiger partial charge on any atom is -0.458 e. The number of carbonyl (C=O) groups is 1. The number of esters is 1. The Labute approximate surface area is 198 Å². The van der Waals surface area contributed by atoms with E-state index >= 15 is 0 Å². The van der Waals surface area contributed by atoms with Crippen molar-refractivity contribution in [2.75, 3.05) is 6.79 Å². The summed E-state index contributed by atoms with van der Waals surface area (Å²) < 4.78 is 17.8. The number of aromatic nitrogens is 2. The van der Waals surface area contributed by atoms with Gasteiger partial charge in [0.1, 0.15) is 6.61 Å². The maximum absolute atomic E-state index is 13.1. The first kappa shape index (κ1) is 23.8. The fourth-order valence-corrected chi connectivity index (χ4v) is 4.87. The molecule has 1 N–H and O–H groups in total. The zero-order valence-corrected chi connectivity index (χ0v) is 20.4. The highest BCUT2D eigenvalue weighted by molar-refractivity contribution is 5.94. The van der Waals surface area contributed by atoms with Crippen molar-refractivity contribution >= 4 is 16.9 Å². The van der Waals surface area contributed by atoms with Crippen LogP contribution in [0.5, 0.6) is 11.5 Å². The zero-order valence-electron chi connectivity index (χ0n) is 20.4. The van der Waals surface area contributed by atoms with Crippen LogP contribution in [0, 0.1) is 6.92 Å². The molecule has 0 aliphatic carbocycles. The second-order valence-corrected chi connectivity index (χ2v) is 7.77. The van der Waals surface area contributed by atoms with E-state index < -0.39 is 12.1 Å². The highest BCUT2D eigenvalue weighted by Crippen LogP contribution is 2.44. The van der Waals surface area contributed by atoms with E-state index in [0.717, 1.165) is 39.8 Å². The predicted molar refractivity (Wildman–Crippen MR) is 128 cm³/mol. The van der Waals surface area contributed by atoms with Crippen molar-refractivity contribution in [3.63, 3.8) is 0 Å². The van der Waals surface area contributed by atoms with Crippen LogP contribution < -0.4 is 15.0 Å². The standard InChI is InChI=1S/C22H18N2O6.2C2H6/c1-3-10-12-6-24-15(4-11-13(21(24)26)7-28-22(27)19(11)25)18(12)23-14-5-16-20(30-8-29-16)9(2)17(10)14;2*1-2/h4-5,19,25H,3,6-8H2,1-2H3;2*1-2H3/t19-;;/m0../s1. The number of carbonyl (C=O) groups excluding carboxylic acids is 1. The lowest BCUT2D eigenvalue weighted by Crippen LogP contribution is -2.32. The molecule has 0 saturated heterocycles. The van der Waals surface area contributed by atoms with E-state index in [1.165, 1.54) is 0 Å². The summed E-state index contributed by atoms with van der Waals surface area (Å²) in [5.74, 6) is 0.656. The molecule has 3 aliphatic heterocycles. The molecule has 2 aromatic heterocycles. The lowest BCUT2D eigenvalue weighted by atomic mass is 9.94. The van der Waals surface area contributed by atoms with E-state index in [4.69, 9.17) is 19.2 Å². The summed E-state index contributed by atoms with van der Waals surface area (Å²) in [5.41, 5.74) is 5.50. The van der Waals surface area contributed by atoms with Gasteiger partial charge in [-0.15, -0.1) is 0 Å². The Hall–Kier alpha value is -3.39. The number of aliphatic hydroxyl groups is 1. The van der Waals surface area contributed by atoms with Crippen molar-refractivity contribution in [3.8, 4) is 22.9 Å². The predicted octanol–water partition coefficient (Wildman–Crippen LogP) is 4.17. The van der Waals surface area contributed by atoms with Gasteiger partial charge in [-0.05, 0) is 25.0 Å². The second kappa shape index (κ2) is 9.10. The Bertz CT molecular complexity index is 1360. The van der Waals surface area contributed by atoms with Crippen molar-refractivity contribution in [2.45, 2.75) is 67.2 Å². The van der Waals surface area contributed by atoms with Gasteiger partial charge in [0.05, 0.1) is 29.0 Å². The largest absolute Gasteiger partial charge is 0.458 e. The number of rotatable bonds is 1. The third-order valence-corrected chi connectivity index (χ3v) is 6.29. The number of aryl methyl sites for hydroxylation is 2. The lowest BCUT2D eigenvalue weighted by molar-refractivity contribution is -0.157. The first-order valence-electron chi connectivity index (χ1n) is 11.9. The van der Waals surface area contributed by atoms with E-state index in [-0.39, 0.29) is 19.0 Å². The Morgan fingerprint density at radius 2 is 1.82 bits per heavy atom. The van der Waals surface area contributed by atoms with Crippen molar-refractivity contribution in [2.24, 2.45) is 0 Å². The van der Waals surface area contributed by atoms with Crippen molar-refractivity contribution in [1.29, 1.82) is 0 Å². The van der Waals surface area contributed by atoms with Gasteiger partial charge in [-0.25, -0.2) is 9.78 Å². The number of ether oxygens (including phenoxy) is 3. The SMILES string of the molecule is CC.CC.CCc1c2c(nc3cc4c(c(C)c13)OCO4)-c1cc3c(c(=O)n1C2)COC(=O)[C@H]3O. The molecule has 8 heteroatoms. The van der Waals surface area contributed by atoms with Crippen molar-refractivity contribution in [3.05, 3.63) is 50.3 Å². The average Bonchev–Trinajstić information content (AvgIpc) is 3.48. The molecule has 0 radical (unpaired) electrons. The van der Waals surface area contributed by atoms with Gasteiger partial charge in [0, 0.05) is 28.1 Å². The van der Waals surface area contributed by atoms with Crippen LogP contribution in [0.1, 0.15) is 68.5 Å². The van der Waals surface area contributed by atoms with E-state index in [2.05, 4.69) is 6.92 Å². The minimum atomic E-state index is -1.46. The Morgan fingerprint density at radius 1 is 1.09 bits per heavy atom. The van der Waals surface area contributed by atoms with Gasteiger partial charge in [0.25, 0.3) is 5.56 Å². The normalized spacial score (nSPS) is 16.4. The number of nitrogens with zero attached hydrogens (tertiary/aromatic N) is 2. The minimum absolute atomic E-state index is 0.128. The monoisotopic (exact) mass is 466 g/mol. The van der Waals surface area contributed by atoms with Crippen LogP contribution in [0.25, 0.3) is 22.3 Å². The van der Waals surface area contributed by atoms with E-state index in [1.54, 1.807) is 10.6 Å². The van der Waals surface area contributed by atoms with Crippen LogP contribution in [0.4, 0.5) is 0 Å². The maximum atomic E-state index is 13.1. The quantitative estimate of drug-likeness (QED) is 0.420. The molecule has 0 bridgehead atoms. The van der Waals surface area contributed by atoms with Crippen molar-refractivity contribution < 1.29 is 24.1 Å². The van der Waals surface area contributed by atoms with Gasteiger partial charge in [0.2, 0.25) is 6.79 Å². The molecule has 0 fully saturated rings. The van der Waals surface area contributed by atoms with Crippen LogP contribution in [-0.4, -0.2) is 27.4 Å². The molecule has 0 amide bonds. The number of pyridine rings is 2. The summed E-state index contributed by atoms with van der Waals surface area (Å²) in [6.45, 7) is 12.5. The number of cyclic esters (lactones) is 1. The number of hydrogen-bond donors (Lipinski definition) is 1. The molecule has 0 saturated carbocycles. The fraction of sp³-hybridized carbons (Fsp3) is 0.423. The molecular weight excluding hydrogens is 436 g/mol. The van der Waals surface area contributed by atoms with Gasteiger partial charge in [-0.3, -0.25) is 4.79 Å². The summed E-state index contributed by atoms with van der Waals surface area (Å²) >= 11 is 0. The van der Waals surface area contributed by atoms with Gasteiger partial charge in [-0.1, -0.05) is 34.6 Å². The molecule has 180 valence electrons. The van der Waals surface area contributed by atoms with Gasteiger partial charge in [0.15, 0.2) is 17.6 Å². The summed E-state index contributed by atoms with van der Waals surface area (Å²) in [5, 5.41) is 11.3. The molecular formula is C26H30N2O6. The summed E-state index contributed by atoms with van der Waals surface area (Å²) in [7, 11) is 0. The Morgan fingerprint density at radius 3 is 2.53 bits per heavy atom. The number of fused-ring (bicyclic) bond motifs is 6. The molecule has 1 aromatic carbocycles. The maximum Gasteiger partial charge on any atom is 0.340 e.